The van der Waals surface area contributed by atoms with Gasteiger partial charge < -0.3 is 14.8 Å². The molecule has 0 unspecified atom stereocenters. The number of nitrogens with zero attached hydrogens (tertiary/aromatic N) is 3. The van der Waals surface area contributed by atoms with E-state index in [4.69, 9.17) is 9.47 Å². The van der Waals surface area contributed by atoms with Crippen LogP contribution in [0.25, 0.3) is 11.1 Å². The standard InChI is InChI=1S/C20H23FN4O3/c1-13(25-2-4-27-5-3-25)20(26)24-11-17-7-14-6-16(21)8-18(19(14)28-17)15-9-22-12-23-10-15/h6,8-10,12-13,17H,2-5,7,11H2,1H3,(H,24,26)/t13-,17+/m0/s1. The number of hydrogen-bond acceptors (Lipinski definition) is 6. The van der Waals surface area contributed by atoms with E-state index in [1.807, 2.05) is 6.92 Å². The molecule has 1 aromatic carbocycles. The Morgan fingerprint density at radius 2 is 2.07 bits per heavy atom. The van der Waals surface area contributed by atoms with Gasteiger partial charge in [-0.15, -0.1) is 0 Å². The van der Waals surface area contributed by atoms with Crippen LogP contribution in [-0.4, -0.2) is 65.8 Å². The molecule has 0 spiro atoms. The maximum Gasteiger partial charge on any atom is 0.237 e. The molecule has 1 N–H and O–H groups in total. The predicted molar refractivity (Wildman–Crippen MR) is 100 cm³/mol. The van der Waals surface area contributed by atoms with Crippen molar-refractivity contribution in [2.45, 2.75) is 25.5 Å². The fourth-order valence-electron chi connectivity index (χ4n) is 3.65. The summed E-state index contributed by atoms with van der Waals surface area (Å²) in [4.78, 5) is 22.6. The molecule has 2 aliphatic rings. The van der Waals surface area contributed by atoms with Gasteiger partial charge in [0.1, 0.15) is 24.0 Å². The van der Waals surface area contributed by atoms with Crippen LogP contribution in [0.5, 0.6) is 5.75 Å². The summed E-state index contributed by atoms with van der Waals surface area (Å²) in [6.07, 6.45) is 4.99. The van der Waals surface area contributed by atoms with E-state index >= 15 is 0 Å². The number of fused-ring (bicyclic) bond motifs is 1. The number of morpholine rings is 1. The number of halogens is 1. The second-order valence-electron chi connectivity index (χ2n) is 7.08. The second-order valence-corrected chi connectivity index (χ2v) is 7.08. The average Bonchev–Trinajstić information content (AvgIpc) is 3.14. The Morgan fingerprint density at radius 3 is 2.82 bits per heavy atom. The van der Waals surface area contributed by atoms with E-state index in [0.717, 1.165) is 18.7 Å². The molecule has 1 amide bonds. The fraction of sp³-hybridized carbons (Fsp3) is 0.450. The lowest BCUT2D eigenvalue weighted by Gasteiger charge is -2.31. The van der Waals surface area contributed by atoms with Crippen molar-refractivity contribution in [2.75, 3.05) is 32.8 Å². The lowest BCUT2D eigenvalue weighted by atomic mass is 10.0. The van der Waals surface area contributed by atoms with Gasteiger partial charge in [-0.3, -0.25) is 9.69 Å². The zero-order valence-electron chi connectivity index (χ0n) is 15.7. The normalized spacial score (nSPS) is 20.3. The maximum absolute atomic E-state index is 14.1. The van der Waals surface area contributed by atoms with Crippen molar-refractivity contribution in [1.29, 1.82) is 0 Å². The lowest BCUT2D eigenvalue weighted by Crippen LogP contribution is -2.50. The summed E-state index contributed by atoms with van der Waals surface area (Å²) in [6, 6.07) is 2.70. The third kappa shape index (κ3) is 3.98. The van der Waals surface area contributed by atoms with Gasteiger partial charge in [0, 0.05) is 48.6 Å². The average molecular weight is 386 g/mol. The number of aromatic nitrogens is 2. The Morgan fingerprint density at radius 1 is 1.32 bits per heavy atom. The minimum absolute atomic E-state index is 0.0377. The van der Waals surface area contributed by atoms with E-state index in [9.17, 15) is 9.18 Å². The highest BCUT2D eigenvalue weighted by Gasteiger charge is 2.29. The molecule has 2 aliphatic heterocycles. The van der Waals surface area contributed by atoms with E-state index in [-0.39, 0.29) is 23.9 Å². The molecule has 0 aliphatic carbocycles. The Hall–Kier alpha value is -2.58. The summed E-state index contributed by atoms with van der Waals surface area (Å²) < 4.78 is 25.5. The summed E-state index contributed by atoms with van der Waals surface area (Å²) >= 11 is 0. The molecule has 8 heteroatoms. The first-order valence-electron chi connectivity index (χ1n) is 9.46. The van der Waals surface area contributed by atoms with E-state index in [1.165, 1.54) is 18.5 Å². The molecule has 0 radical (unpaired) electrons. The van der Waals surface area contributed by atoms with E-state index < -0.39 is 0 Å². The first-order chi connectivity index (χ1) is 13.6. The van der Waals surface area contributed by atoms with Crippen LogP contribution in [0.15, 0.2) is 30.9 Å². The van der Waals surface area contributed by atoms with E-state index in [2.05, 4.69) is 20.2 Å². The molecule has 2 aromatic rings. The number of carbonyl (C=O) groups excluding carboxylic acids is 1. The largest absolute Gasteiger partial charge is 0.487 e. The van der Waals surface area contributed by atoms with Crippen LogP contribution in [0.4, 0.5) is 4.39 Å². The highest BCUT2D eigenvalue weighted by Crippen LogP contribution is 2.39. The van der Waals surface area contributed by atoms with Crippen molar-refractivity contribution in [3.05, 3.63) is 42.2 Å². The number of ether oxygens (including phenoxy) is 2. The monoisotopic (exact) mass is 386 g/mol. The van der Waals surface area contributed by atoms with Gasteiger partial charge in [-0.1, -0.05) is 0 Å². The molecule has 4 rings (SSSR count). The molecule has 0 bridgehead atoms. The number of carbonyl (C=O) groups is 1. The van der Waals surface area contributed by atoms with Crippen molar-refractivity contribution in [3.8, 4) is 16.9 Å². The van der Waals surface area contributed by atoms with Gasteiger partial charge >= 0.3 is 0 Å². The highest BCUT2D eigenvalue weighted by atomic mass is 19.1. The van der Waals surface area contributed by atoms with Crippen molar-refractivity contribution < 1.29 is 18.7 Å². The van der Waals surface area contributed by atoms with Gasteiger partial charge in [0.25, 0.3) is 0 Å². The first kappa shape index (κ1) is 18.8. The van der Waals surface area contributed by atoms with Crippen LogP contribution in [0.3, 0.4) is 0 Å². The smallest absolute Gasteiger partial charge is 0.237 e. The molecule has 1 saturated heterocycles. The quantitative estimate of drug-likeness (QED) is 0.838. The third-order valence-electron chi connectivity index (χ3n) is 5.21. The number of amides is 1. The molecular weight excluding hydrogens is 363 g/mol. The Kier molecular flexibility index (Phi) is 5.50. The van der Waals surface area contributed by atoms with Gasteiger partial charge in [-0.25, -0.2) is 14.4 Å². The van der Waals surface area contributed by atoms with Crippen LogP contribution in [0, 0.1) is 5.82 Å². The van der Waals surface area contributed by atoms with Gasteiger partial charge in [0.15, 0.2) is 0 Å². The predicted octanol–water partition coefficient (Wildman–Crippen LogP) is 1.42. The summed E-state index contributed by atoms with van der Waals surface area (Å²) in [5, 5.41) is 2.97. The topological polar surface area (TPSA) is 76.6 Å². The van der Waals surface area contributed by atoms with Crippen molar-refractivity contribution in [3.63, 3.8) is 0 Å². The zero-order valence-corrected chi connectivity index (χ0v) is 15.7. The third-order valence-corrected chi connectivity index (χ3v) is 5.21. The SMILES string of the molecule is C[C@@H](C(=O)NC[C@H]1Cc2cc(F)cc(-c3cncnc3)c2O1)N1CCOCC1. The molecule has 28 heavy (non-hydrogen) atoms. The van der Waals surface area contributed by atoms with Crippen LogP contribution < -0.4 is 10.1 Å². The van der Waals surface area contributed by atoms with Crippen LogP contribution >= 0.6 is 0 Å². The van der Waals surface area contributed by atoms with Gasteiger partial charge in [-0.05, 0) is 19.1 Å². The molecular formula is C20H23FN4O3. The van der Waals surface area contributed by atoms with Crippen molar-refractivity contribution in [2.24, 2.45) is 0 Å². The molecule has 1 aromatic heterocycles. The summed E-state index contributed by atoms with van der Waals surface area (Å²) in [7, 11) is 0. The van der Waals surface area contributed by atoms with Gasteiger partial charge in [0.2, 0.25) is 5.91 Å². The first-order valence-corrected chi connectivity index (χ1v) is 9.46. The maximum atomic E-state index is 14.1. The van der Waals surface area contributed by atoms with Crippen LogP contribution in [0.1, 0.15) is 12.5 Å². The van der Waals surface area contributed by atoms with Crippen molar-refractivity contribution in [1.82, 2.24) is 20.2 Å². The number of rotatable bonds is 5. The minimum Gasteiger partial charge on any atom is -0.487 e. The molecule has 0 saturated carbocycles. The molecule has 2 atom stereocenters. The molecule has 7 nitrogen and oxygen atoms in total. The Bertz CT molecular complexity index is 843. The number of nitrogens with one attached hydrogen (secondary N) is 1. The van der Waals surface area contributed by atoms with Crippen LogP contribution in [0.2, 0.25) is 0 Å². The van der Waals surface area contributed by atoms with E-state index in [0.29, 0.717) is 43.1 Å². The van der Waals surface area contributed by atoms with Crippen LogP contribution in [-0.2, 0) is 16.0 Å². The minimum atomic E-state index is -0.327. The Labute approximate surface area is 162 Å². The number of benzene rings is 1. The molecule has 1 fully saturated rings. The summed E-state index contributed by atoms with van der Waals surface area (Å²) in [5.74, 6) is 0.271. The molecule has 3 heterocycles. The van der Waals surface area contributed by atoms with Gasteiger partial charge in [-0.2, -0.15) is 0 Å². The van der Waals surface area contributed by atoms with E-state index in [1.54, 1.807) is 12.4 Å². The van der Waals surface area contributed by atoms with Crippen molar-refractivity contribution >= 4 is 5.91 Å². The Balaban J connectivity index is 1.40. The fourth-order valence-corrected chi connectivity index (χ4v) is 3.65. The second kappa shape index (κ2) is 8.20. The lowest BCUT2D eigenvalue weighted by molar-refractivity contribution is -0.127. The zero-order chi connectivity index (χ0) is 19.5. The highest BCUT2D eigenvalue weighted by molar-refractivity contribution is 5.81. The summed E-state index contributed by atoms with van der Waals surface area (Å²) in [5.41, 5.74) is 2.12. The molecule has 148 valence electrons. The number of hydrogen-bond donors (Lipinski definition) is 1. The summed E-state index contributed by atoms with van der Waals surface area (Å²) in [6.45, 7) is 5.07. The van der Waals surface area contributed by atoms with Gasteiger partial charge in [0.05, 0.1) is 25.8 Å².